The van der Waals surface area contributed by atoms with Crippen LogP contribution in [0.3, 0.4) is 0 Å². The Hall–Kier alpha value is -0.990. The van der Waals surface area contributed by atoms with E-state index in [0.717, 1.165) is 13.0 Å². The fourth-order valence-corrected chi connectivity index (χ4v) is 4.15. The van der Waals surface area contributed by atoms with E-state index in [-0.39, 0.29) is 0 Å². The number of rotatable bonds is 2. The molecule has 108 valence electrons. The van der Waals surface area contributed by atoms with Crippen molar-refractivity contribution in [3.8, 4) is 5.75 Å². The lowest BCUT2D eigenvalue weighted by molar-refractivity contribution is 0.0829. The summed E-state index contributed by atoms with van der Waals surface area (Å²) in [5.74, 6) is 1.62. The molecule has 0 radical (unpaired) electrons. The lowest BCUT2D eigenvalue weighted by atomic mass is 9.69. The van der Waals surface area contributed by atoms with Crippen LogP contribution in [0.1, 0.15) is 36.8 Å². The van der Waals surface area contributed by atoms with E-state index < -0.39 is 0 Å². The van der Waals surface area contributed by atoms with E-state index >= 15 is 0 Å². The highest BCUT2D eigenvalue weighted by atomic mass is 35.5. The van der Waals surface area contributed by atoms with Gasteiger partial charge < -0.3 is 5.11 Å². The molecule has 3 atom stereocenters. The molecule has 2 aliphatic rings. The molecule has 1 aromatic rings. The first-order valence-corrected chi connectivity index (χ1v) is 7.95. The van der Waals surface area contributed by atoms with Crippen molar-refractivity contribution in [2.75, 3.05) is 13.1 Å². The van der Waals surface area contributed by atoms with Gasteiger partial charge in [0.25, 0.3) is 0 Å². The van der Waals surface area contributed by atoms with E-state index in [0.29, 0.717) is 23.6 Å². The quantitative estimate of drug-likeness (QED) is 0.894. The molecular weight excluding hydrogens is 270 g/mol. The molecule has 2 nitrogen and oxygen atoms in total. The van der Waals surface area contributed by atoms with Gasteiger partial charge in [0, 0.05) is 18.1 Å². The predicted molar refractivity (Wildman–Crippen MR) is 83.3 cm³/mol. The number of likely N-dealkylation sites (tertiary alicyclic amines) is 1. The molecule has 1 heterocycles. The topological polar surface area (TPSA) is 23.5 Å². The number of benzene rings is 1. The van der Waals surface area contributed by atoms with Gasteiger partial charge in [-0.2, -0.15) is 0 Å². The van der Waals surface area contributed by atoms with Crippen molar-refractivity contribution in [1.82, 2.24) is 4.90 Å². The second kappa shape index (κ2) is 5.79. The van der Waals surface area contributed by atoms with Crippen LogP contribution in [0.2, 0.25) is 0 Å². The van der Waals surface area contributed by atoms with Gasteiger partial charge in [0.15, 0.2) is 0 Å². The molecule has 2 unspecified atom stereocenters. The minimum absolute atomic E-state index is 0.395. The number of aromatic hydroxyl groups is 1. The van der Waals surface area contributed by atoms with Crippen LogP contribution in [0.4, 0.5) is 0 Å². The third-order valence-corrected chi connectivity index (χ3v) is 5.24. The molecule has 20 heavy (non-hydrogen) atoms. The fraction of sp³-hybridized carbons (Fsp3) is 0.529. The van der Waals surface area contributed by atoms with Crippen LogP contribution in [0, 0.1) is 5.92 Å². The molecule has 0 amide bonds. The van der Waals surface area contributed by atoms with Gasteiger partial charge in [0.05, 0.1) is 0 Å². The van der Waals surface area contributed by atoms with E-state index in [4.69, 9.17) is 11.6 Å². The second-order valence-electron chi connectivity index (χ2n) is 6.11. The number of hydrogen-bond acceptors (Lipinski definition) is 2. The van der Waals surface area contributed by atoms with Gasteiger partial charge in [0.2, 0.25) is 0 Å². The van der Waals surface area contributed by atoms with E-state index in [2.05, 4.69) is 17.9 Å². The van der Waals surface area contributed by atoms with E-state index in [1.165, 1.54) is 30.5 Å². The molecule has 3 rings (SSSR count). The van der Waals surface area contributed by atoms with Gasteiger partial charge in [-0.3, -0.25) is 4.90 Å². The smallest absolute Gasteiger partial charge is 0.115 e. The zero-order chi connectivity index (χ0) is 14.1. The predicted octanol–water partition coefficient (Wildman–Crippen LogP) is 3.88. The lowest BCUT2D eigenvalue weighted by Gasteiger charge is -2.47. The summed E-state index contributed by atoms with van der Waals surface area (Å²) in [7, 11) is 0. The van der Waals surface area contributed by atoms with Crippen LogP contribution in [-0.4, -0.2) is 29.1 Å². The van der Waals surface area contributed by atoms with Crippen molar-refractivity contribution in [3.05, 3.63) is 40.9 Å². The van der Waals surface area contributed by atoms with Crippen molar-refractivity contribution in [1.29, 1.82) is 0 Å². The summed E-state index contributed by atoms with van der Waals surface area (Å²) in [6.45, 7) is 4.43. The fourth-order valence-electron chi connectivity index (χ4n) is 4.07. The molecule has 1 aliphatic carbocycles. The summed E-state index contributed by atoms with van der Waals surface area (Å²) in [5, 5.41) is 9.74. The average molecular weight is 292 g/mol. The monoisotopic (exact) mass is 291 g/mol. The number of fused-ring (bicyclic) bond motifs is 2. The first-order chi connectivity index (χ1) is 9.70. The molecule has 3 heteroatoms. The van der Waals surface area contributed by atoms with E-state index in [1.54, 1.807) is 5.54 Å². The third kappa shape index (κ3) is 2.47. The maximum atomic E-state index is 9.74. The Labute approximate surface area is 126 Å². The highest BCUT2D eigenvalue weighted by molar-refractivity contribution is 6.25. The van der Waals surface area contributed by atoms with Gasteiger partial charge >= 0.3 is 0 Å². The maximum absolute atomic E-state index is 9.74. The van der Waals surface area contributed by atoms with Crippen molar-refractivity contribution in [2.24, 2.45) is 5.92 Å². The minimum Gasteiger partial charge on any atom is -0.508 e. The van der Waals surface area contributed by atoms with Crippen LogP contribution in [0.15, 0.2) is 29.8 Å². The number of phenolic OH excluding ortho intramolecular Hbond substituents is 1. The minimum atomic E-state index is 0.395. The van der Waals surface area contributed by atoms with Crippen LogP contribution in [0.5, 0.6) is 5.75 Å². The van der Waals surface area contributed by atoms with Crippen molar-refractivity contribution >= 4 is 11.6 Å². The van der Waals surface area contributed by atoms with Crippen LogP contribution in [0.25, 0.3) is 0 Å². The van der Waals surface area contributed by atoms with Gasteiger partial charge in [-0.25, -0.2) is 0 Å². The highest BCUT2D eigenvalue weighted by Crippen LogP contribution is 2.43. The Morgan fingerprint density at radius 1 is 1.45 bits per heavy atom. The standard InChI is InChI=1S/C17H22ClNO/c1-12-15-4-2-8-19(9-3-7-18)17(15)10-13-5-6-14(20)11-16(12)13/h3,5-7,11-12,15,17,20H,2,4,8-10H2,1H3/b7-3+/t12-,15?,17?/m0/s1. The molecule has 1 aromatic carbocycles. The van der Waals surface area contributed by atoms with Crippen molar-refractivity contribution in [2.45, 2.75) is 38.1 Å². The second-order valence-corrected chi connectivity index (χ2v) is 6.36. The Balaban J connectivity index is 1.90. The van der Waals surface area contributed by atoms with Crippen LogP contribution < -0.4 is 0 Å². The first kappa shape index (κ1) is 14.0. The van der Waals surface area contributed by atoms with E-state index in [1.807, 2.05) is 18.2 Å². The third-order valence-electron chi connectivity index (χ3n) is 5.07. The average Bonchev–Trinajstić information content (AvgIpc) is 2.46. The van der Waals surface area contributed by atoms with Gasteiger partial charge in [0.1, 0.15) is 5.75 Å². The summed E-state index contributed by atoms with van der Waals surface area (Å²) in [4.78, 5) is 2.57. The Morgan fingerprint density at radius 3 is 3.10 bits per heavy atom. The summed E-state index contributed by atoms with van der Waals surface area (Å²) >= 11 is 5.69. The zero-order valence-corrected chi connectivity index (χ0v) is 12.7. The molecule has 0 spiro atoms. The Kier molecular flexibility index (Phi) is 4.04. The molecule has 1 N–H and O–H groups in total. The summed E-state index contributed by atoms with van der Waals surface area (Å²) in [6.07, 6.45) is 5.69. The highest BCUT2D eigenvalue weighted by Gasteiger charge is 2.39. The zero-order valence-electron chi connectivity index (χ0n) is 11.9. The SMILES string of the molecule is C[C@@H]1c2cc(O)ccc2CC2C1CCCN2C/C=C/Cl. The Bertz CT molecular complexity index is 514. The molecule has 0 bridgehead atoms. The molecule has 0 aromatic heterocycles. The molecule has 0 saturated carbocycles. The van der Waals surface area contributed by atoms with Gasteiger partial charge in [-0.05, 0) is 60.9 Å². The summed E-state index contributed by atoms with van der Waals surface area (Å²) in [5.41, 5.74) is 4.38. The molecule has 1 aliphatic heterocycles. The summed E-state index contributed by atoms with van der Waals surface area (Å²) < 4.78 is 0. The van der Waals surface area contributed by atoms with E-state index in [9.17, 15) is 5.11 Å². The summed E-state index contributed by atoms with van der Waals surface area (Å²) in [6, 6.07) is 6.50. The van der Waals surface area contributed by atoms with Crippen molar-refractivity contribution < 1.29 is 5.11 Å². The largest absolute Gasteiger partial charge is 0.508 e. The number of phenols is 1. The number of hydrogen-bond donors (Lipinski definition) is 1. The first-order valence-electron chi connectivity index (χ1n) is 7.51. The van der Waals surface area contributed by atoms with Crippen LogP contribution >= 0.6 is 11.6 Å². The van der Waals surface area contributed by atoms with Gasteiger partial charge in [-0.1, -0.05) is 30.7 Å². The van der Waals surface area contributed by atoms with Crippen molar-refractivity contribution in [3.63, 3.8) is 0 Å². The molecular formula is C17H22ClNO. The van der Waals surface area contributed by atoms with Gasteiger partial charge in [-0.15, -0.1) is 0 Å². The molecule has 1 fully saturated rings. The lowest BCUT2D eigenvalue weighted by Crippen LogP contribution is -2.50. The number of halogens is 1. The number of nitrogens with zero attached hydrogens (tertiary/aromatic N) is 1. The van der Waals surface area contributed by atoms with Crippen LogP contribution in [-0.2, 0) is 6.42 Å². The molecule has 1 saturated heterocycles. The Morgan fingerprint density at radius 2 is 2.30 bits per heavy atom. The normalized spacial score (nSPS) is 30.2. The number of piperidine rings is 1. The maximum Gasteiger partial charge on any atom is 0.115 e.